The third-order valence-corrected chi connectivity index (χ3v) is 4.03. The van der Waals surface area contributed by atoms with Crippen LogP contribution in [0.1, 0.15) is 5.56 Å². The number of fused-ring (bicyclic) bond motifs is 1. The van der Waals surface area contributed by atoms with Crippen LogP contribution in [0.15, 0.2) is 56.1 Å². The van der Waals surface area contributed by atoms with Gasteiger partial charge >= 0.3 is 0 Å². The highest BCUT2D eigenvalue weighted by atomic mass is 79.9. The minimum absolute atomic E-state index is 0.0844. The Morgan fingerprint density at radius 3 is 2.65 bits per heavy atom. The van der Waals surface area contributed by atoms with Crippen molar-refractivity contribution >= 4 is 26.9 Å². The first-order chi connectivity index (χ1) is 9.56. The number of aromatic hydroxyl groups is 1. The van der Waals surface area contributed by atoms with Gasteiger partial charge in [-0.2, -0.15) is 0 Å². The zero-order valence-corrected chi connectivity index (χ0v) is 12.3. The minimum atomic E-state index is -0.125. The van der Waals surface area contributed by atoms with Crippen molar-refractivity contribution in [2.75, 3.05) is 0 Å². The zero-order chi connectivity index (χ0) is 14.3. The number of rotatable bonds is 1. The lowest BCUT2D eigenvalue weighted by atomic mass is 10.1. The van der Waals surface area contributed by atoms with Crippen LogP contribution in [0.2, 0.25) is 0 Å². The van der Waals surface area contributed by atoms with Crippen LogP contribution >= 0.6 is 15.9 Å². The molecule has 0 amide bonds. The summed E-state index contributed by atoms with van der Waals surface area (Å²) in [4.78, 5) is 12.2. The number of phenols is 1. The van der Waals surface area contributed by atoms with Gasteiger partial charge in [0, 0.05) is 10.5 Å². The van der Waals surface area contributed by atoms with Crippen LogP contribution in [0.3, 0.4) is 0 Å². The Kier molecular flexibility index (Phi) is 3.10. The molecular weight excluding hydrogens is 320 g/mol. The molecule has 1 aromatic heterocycles. The molecule has 2 aromatic carbocycles. The second-order valence-corrected chi connectivity index (χ2v) is 5.44. The topological polar surface area (TPSA) is 50.4 Å². The minimum Gasteiger partial charge on any atom is -0.507 e. The maximum atomic E-state index is 12.2. The standard InChI is InChI=1S/C16H11BrO3/c1-9-6-11-14(19)8-16(20-15(11)7-12(9)17)10-4-2-3-5-13(10)18/h2-8,18H,1H3. The maximum absolute atomic E-state index is 12.2. The second-order valence-electron chi connectivity index (χ2n) is 4.59. The van der Waals surface area contributed by atoms with E-state index in [0.717, 1.165) is 10.0 Å². The molecule has 0 bridgehead atoms. The fourth-order valence-corrected chi connectivity index (χ4v) is 2.42. The highest BCUT2D eigenvalue weighted by Gasteiger charge is 2.11. The van der Waals surface area contributed by atoms with E-state index in [0.29, 0.717) is 22.3 Å². The molecule has 1 heterocycles. The van der Waals surface area contributed by atoms with Gasteiger partial charge in [0.2, 0.25) is 0 Å². The van der Waals surface area contributed by atoms with E-state index >= 15 is 0 Å². The molecule has 0 radical (unpaired) electrons. The average Bonchev–Trinajstić information content (AvgIpc) is 2.41. The zero-order valence-electron chi connectivity index (χ0n) is 10.7. The molecule has 3 aromatic rings. The van der Waals surface area contributed by atoms with Crippen LogP contribution in [-0.4, -0.2) is 5.11 Å². The van der Waals surface area contributed by atoms with E-state index < -0.39 is 0 Å². The molecule has 0 unspecified atom stereocenters. The molecule has 0 fully saturated rings. The third-order valence-electron chi connectivity index (χ3n) is 3.18. The van der Waals surface area contributed by atoms with Gasteiger partial charge in [-0.3, -0.25) is 4.79 Å². The molecule has 3 rings (SSSR count). The largest absolute Gasteiger partial charge is 0.507 e. The second kappa shape index (κ2) is 4.80. The number of aryl methyl sites for hydroxylation is 1. The molecule has 1 N–H and O–H groups in total. The summed E-state index contributed by atoms with van der Waals surface area (Å²) in [5, 5.41) is 10.4. The fourth-order valence-electron chi connectivity index (χ4n) is 2.10. The first kappa shape index (κ1) is 12.9. The number of phenolic OH excluding ortho intramolecular Hbond substituents is 1. The van der Waals surface area contributed by atoms with Crippen LogP contribution in [-0.2, 0) is 0 Å². The molecule has 0 spiro atoms. The van der Waals surface area contributed by atoms with Crippen molar-refractivity contribution in [2.24, 2.45) is 0 Å². The molecule has 0 atom stereocenters. The van der Waals surface area contributed by atoms with Crippen molar-refractivity contribution in [3.05, 3.63) is 62.7 Å². The van der Waals surface area contributed by atoms with E-state index in [1.54, 1.807) is 36.4 Å². The predicted octanol–water partition coefficient (Wildman–Crippen LogP) is 4.24. The molecule has 3 nitrogen and oxygen atoms in total. The van der Waals surface area contributed by atoms with E-state index in [-0.39, 0.29) is 11.2 Å². The maximum Gasteiger partial charge on any atom is 0.193 e. The summed E-state index contributed by atoms with van der Waals surface area (Å²) in [5.41, 5.74) is 1.84. The van der Waals surface area contributed by atoms with Crippen molar-refractivity contribution in [2.45, 2.75) is 6.92 Å². The number of benzene rings is 2. The van der Waals surface area contributed by atoms with Gasteiger partial charge in [-0.05, 0) is 36.8 Å². The Labute approximate surface area is 123 Å². The lowest BCUT2D eigenvalue weighted by Crippen LogP contribution is -2.01. The molecule has 100 valence electrons. The van der Waals surface area contributed by atoms with Crippen molar-refractivity contribution in [1.82, 2.24) is 0 Å². The highest BCUT2D eigenvalue weighted by Crippen LogP contribution is 2.30. The molecule has 4 heteroatoms. The summed E-state index contributed by atoms with van der Waals surface area (Å²) in [6.45, 7) is 1.92. The quantitative estimate of drug-likeness (QED) is 0.726. The van der Waals surface area contributed by atoms with E-state index in [9.17, 15) is 9.90 Å². The summed E-state index contributed by atoms with van der Waals surface area (Å²) < 4.78 is 6.63. The van der Waals surface area contributed by atoms with Gasteiger partial charge in [0.15, 0.2) is 5.43 Å². The summed E-state index contributed by atoms with van der Waals surface area (Å²) in [6.07, 6.45) is 0. The van der Waals surface area contributed by atoms with Crippen molar-refractivity contribution in [3.8, 4) is 17.1 Å². The van der Waals surface area contributed by atoms with Gasteiger partial charge in [0.25, 0.3) is 0 Å². The average molecular weight is 331 g/mol. The molecule has 0 aliphatic heterocycles. The lowest BCUT2D eigenvalue weighted by Gasteiger charge is -2.06. The van der Waals surface area contributed by atoms with Gasteiger partial charge in [-0.15, -0.1) is 0 Å². The summed E-state index contributed by atoms with van der Waals surface area (Å²) >= 11 is 3.42. The van der Waals surface area contributed by atoms with Gasteiger partial charge in [-0.1, -0.05) is 28.1 Å². The Morgan fingerprint density at radius 1 is 1.15 bits per heavy atom. The molecule has 0 saturated heterocycles. The smallest absolute Gasteiger partial charge is 0.193 e. The molecule has 0 aliphatic rings. The van der Waals surface area contributed by atoms with E-state index in [1.165, 1.54) is 6.07 Å². The summed E-state index contributed by atoms with van der Waals surface area (Å²) in [7, 11) is 0. The first-order valence-electron chi connectivity index (χ1n) is 6.08. The van der Waals surface area contributed by atoms with Crippen molar-refractivity contribution < 1.29 is 9.52 Å². The van der Waals surface area contributed by atoms with Gasteiger partial charge < -0.3 is 9.52 Å². The van der Waals surface area contributed by atoms with E-state index in [2.05, 4.69) is 15.9 Å². The van der Waals surface area contributed by atoms with Gasteiger partial charge in [0.1, 0.15) is 17.1 Å². The van der Waals surface area contributed by atoms with Crippen LogP contribution in [0.25, 0.3) is 22.3 Å². The number of hydrogen-bond donors (Lipinski definition) is 1. The number of halogens is 1. The van der Waals surface area contributed by atoms with Crippen molar-refractivity contribution in [1.29, 1.82) is 0 Å². The SMILES string of the molecule is Cc1cc2c(=O)cc(-c3ccccc3O)oc2cc1Br. The molecule has 0 saturated carbocycles. The normalized spacial score (nSPS) is 10.9. The van der Waals surface area contributed by atoms with E-state index in [4.69, 9.17) is 4.42 Å². The Bertz CT molecular complexity index is 865. The Hall–Kier alpha value is -2.07. The molecular formula is C16H11BrO3. The van der Waals surface area contributed by atoms with Gasteiger partial charge in [0.05, 0.1) is 10.9 Å². The van der Waals surface area contributed by atoms with Crippen LogP contribution in [0.4, 0.5) is 0 Å². The monoisotopic (exact) mass is 330 g/mol. The predicted molar refractivity (Wildman–Crippen MR) is 82.0 cm³/mol. The molecule has 0 aliphatic carbocycles. The Morgan fingerprint density at radius 2 is 1.90 bits per heavy atom. The Balaban J connectivity index is 2.33. The van der Waals surface area contributed by atoms with Gasteiger partial charge in [-0.25, -0.2) is 0 Å². The number of hydrogen-bond acceptors (Lipinski definition) is 3. The molecule has 20 heavy (non-hydrogen) atoms. The van der Waals surface area contributed by atoms with E-state index in [1.807, 2.05) is 6.92 Å². The van der Waals surface area contributed by atoms with Crippen LogP contribution < -0.4 is 5.43 Å². The summed E-state index contributed by atoms with van der Waals surface area (Å²) in [6, 6.07) is 11.7. The third kappa shape index (κ3) is 2.12. The number of para-hydroxylation sites is 1. The van der Waals surface area contributed by atoms with Crippen molar-refractivity contribution in [3.63, 3.8) is 0 Å². The first-order valence-corrected chi connectivity index (χ1v) is 6.88. The van der Waals surface area contributed by atoms with Crippen LogP contribution in [0.5, 0.6) is 5.75 Å². The fraction of sp³-hybridized carbons (Fsp3) is 0.0625. The summed E-state index contributed by atoms with van der Waals surface area (Å²) in [5.74, 6) is 0.442. The highest BCUT2D eigenvalue weighted by molar-refractivity contribution is 9.10. The lowest BCUT2D eigenvalue weighted by molar-refractivity contribution is 0.474. The van der Waals surface area contributed by atoms with Crippen LogP contribution in [0, 0.1) is 6.92 Å².